The molecule has 0 amide bonds. The summed E-state index contributed by atoms with van der Waals surface area (Å²) in [6.45, 7) is 0. The number of para-hydroxylation sites is 4. The van der Waals surface area contributed by atoms with Crippen molar-refractivity contribution >= 4 is 49.7 Å². The highest BCUT2D eigenvalue weighted by Gasteiger charge is 2.22. The molecule has 47 heavy (non-hydrogen) atoms. The Labute approximate surface area is 268 Å². The molecule has 7 heteroatoms. The minimum atomic E-state index is 0.561. The Kier molecular flexibility index (Phi) is 5.44. The Morgan fingerprint density at radius 3 is 1.64 bits per heavy atom. The molecule has 0 saturated carbocycles. The van der Waals surface area contributed by atoms with E-state index in [1.165, 1.54) is 0 Å². The smallest absolute Gasteiger partial charge is 0.238 e. The second kappa shape index (κ2) is 9.95. The van der Waals surface area contributed by atoms with Crippen LogP contribution in [-0.4, -0.2) is 33.5 Å². The van der Waals surface area contributed by atoms with Crippen molar-refractivity contribution in [1.29, 1.82) is 0 Å². The summed E-state index contributed by atoms with van der Waals surface area (Å²) < 4.78 is 6.65. The quantitative estimate of drug-likeness (QED) is 0.201. The number of rotatable bonds is 4. The van der Waals surface area contributed by atoms with E-state index in [1.807, 2.05) is 66.7 Å². The van der Waals surface area contributed by atoms with Crippen molar-refractivity contribution in [1.82, 2.24) is 33.5 Å². The highest BCUT2D eigenvalue weighted by molar-refractivity contribution is 6.13. The molecule has 0 saturated heterocycles. The SMILES string of the molecule is c1ccc(-c2nc(-c3ccccc3)nc(-n3c4ccccc4c4cc5c(cc43)nc3n(-c4ccccc4)c4ccccc4n53)n2)cc1. The van der Waals surface area contributed by atoms with E-state index in [-0.39, 0.29) is 0 Å². The van der Waals surface area contributed by atoms with Crippen molar-refractivity contribution in [3.63, 3.8) is 0 Å². The van der Waals surface area contributed by atoms with E-state index >= 15 is 0 Å². The van der Waals surface area contributed by atoms with E-state index in [0.29, 0.717) is 17.6 Å². The van der Waals surface area contributed by atoms with Gasteiger partial charge in [0.05, 0.1) is 33.1 Å². The van der Waals surface area contributed by atoms with Crippen molar-refractivity contribution in [2.75, 3.05) is 0 Å². The molecule has 0 unspecified atom stereocenters. The van der Waals surface area contributed by atoms with E-state index in [9.17, 15) is 0 Å². The first-order valence-electron chi connectivity index (χ1n) is 15.6. The lowest BCUT2D eigenvalue weighted by atomic mass is 10.1. The zero-order valence-corrected chi connectivity index (χ0v) is 25.1. The van der Waals surface area contributed by atoms with E-state index in [4.69, 9.17) is 19.9 Å². The van der Waals surface area contributed by atoms with Gasteiger partial charge in [0.2, 0.25) is 11.7 Å². The van der Waals surface area contributed by atoms with E-state index in [1.54, 1.807) is 0 Å². The lowest BCUT2D eigenvalue weighted by molar-refractivity contribution is 0.954. The van der Waals surface area contributed by atoms with Crippen LogP contribution in [-0.2, 0) is 0 Å². The van der Waals surface area contributed by atoms with Gasteiger partial charge in [0, 0.05) is 27.6 Å². The average molecular weight is 604 g/mol. The Bertz CT molecular complexity index is 2720. The maximum absolute atomic E-state index is 5.27. The molecular formula is C40H25N7. The van der Waals surface area contributed by atoms with Crippen LogP contribution in [0.4, 0.5) is 0 Å². The van der Waals surface area contributed by atoms with Gasteiger partial charge in [-0.1, -0.05) is 109 Å². The van der Waals surface area contributed by atoms with Crippen LogP contribution in [0.5, 0.6) is 0 Å². The fourth-order valence-electron chi connectivity index (χ4n) is 6.81. The number of imidazole rings is 2. The number of hydrogen-bond acceptors (Lipinski definition) is 4. The first-order chi connectivity index (χ1) is 23.3. The third kappa shape index (κ3) is 3.87. The number of hydrogen-bond donors (Lipinski definition) is 0. The second-order valence-electron chi connectivity index (χ2n) is 11.6. The molecular weight excluding hydrogens is 578 g/mol. The molecule has 7 nitrogen and oxygen atoms in total. The first-order valence-corrected chi connectivity index (χ1v) is 15.6. The highest BCUT2D eigenvalue weighted by atomic mass is 15.2. The Hall–Kier alpha value is -6.60. The summed E-state index contributed by atoms with van der Waals surface area (Å²) in [5.74, 6) is 2.68. The maximum Gasteiger partial charge on any atom is 0.238 e. The van der Waals surface area contributed by atoms with Crippen molar-refractivity contribution in [3.8, 4) is 34.4 Å². The topological polar surface area (TPSA) is 65.8 Å². The largest absolute Gasteiger partial charge is 0.278 e. The van der Waals surface area contributed by atoms with Gasteiger partial charge >= 0.3 is 0 Å². The molecule has 0 spiro atoms. The summed E-state index contributed by atoms with van der Waals surface area (Å²) in [7, 11) is 0. The van der Waals surface area contributed by atoms with Gasteiger partial charge in [0.25, 0.3) is 0 Å². The van der Waals surface area contributed by atoms with Gasteiger partial charge in [-0.3, -0.25) is 13.5 Å². The van der Waals surface area contributed by atoms with Crippen LogP contribution in [0.1, 0.15) is 0 Å². The van der Waals surface area contributed by atoms with Crippen LogP contribution < -0.4 is 0 Å². The fraction of sp³-hybridized carbons (Fsp3) is 0. The number of fused-ring (bicyclic) bond motifs is 8. The zero-order chi connectivity index (χ0) is 30.9. The van der Waals surface area contributed by atoms with E-state index < -0.39 is 0 Å². The molecule has 10 aromatic rings. The number of nitrogens with zero attached hydrogens (tertiary/aromatic N) is 7. The summed E-state index contributed by atoms with van der Waals surface area (Å²) >= 11 is 0. The molecule has 4 heterocycles. The molecule has 10 rings (SSSR count). The summed E-state index contributed by atoms with van der Waals surface area (Å²) in [4.78, 5) is 20.4. The van der Waals surface area contributed by atoms with Gasteiger partial charge in [0.15, 0.2) is 11.6 Å². The number of aromatic nitrogens is 7. The summed E-state index contributed by atoms with van der Waals surface area (Å²) in [5, 5.41) is 2.23. The fourth-order valence-corrected chi connectivity index (χ4v) is 6.81. The van der Waals surface area contributed by atoms with Gasteiger partial charge in [0.1, 0.15) is 0 Å². The molecule has 0 aliphatic heterocycles. The molecule has 0 N–H and O–H groups in total. The summed E-state index contributed by atoms with van der Waals surface area (Å²) in [5.41, 5.74) is 9.10. The van der Waals surface area contributed by atoms with E-state index in [2.05, 4.69) is 98.5 Å². The van der Waals surface area contributed by atoms with Crippen LogP contribution in [0.2, 0.25) is 0 Å². The van der Waals surface area contributed by atoms with Crippen molar-refractivity contribution < 1.29 is 0 Å². The zero-order valence-electron chi connectivity index (χ0n) is 25.1. The van der Waals surface area contributed by atoms with Crippen LogP contribution in [0.15, 0.2) is 152 Å². The third-order valence-corrected chi connectivity index (χ3v) is 8.90. The molecule has 0 bridgehead atoms. The monoisotopic (exact) mass is 603 g/mol. The van der Waals surface area contributed by atoms with Crippen molar-refractivity contribution in [2.24, 2.45) is 0 Å². The van der Waals surface area contributed by atoms with Crippen molar-refractivity contribution in [2.45, 2.75) is 0 Å². The molecule has 0 aliphatic carbocycles. The molecule has 0 radical (unpaired) electrons. The van der Waals surface area contributed by atoms with Crippen LogP contribution >= 0.6 is 0 Å². The maximum atomic E-state index is 5.27. The second-order valence-corrected chi connectivity index (χ2v) is 11.6. The standard InChI is InChI=1S/C40H25N7/c1-4-14-26(15-5-1)37-42-38(27-16-6-2-7-17-27)44-39(43-37)46-32-21-11-10-20-29(32)30-24-36-31(25-35(30)46)41-40-45(28-18-8-3-9-19-28)33-22-12-13-23-34(33)47(36)40/h1-25H. The first kappa shape index (κ1) is 25.7. The number of benzene rings is 6. The Morgan fingerprint density at radius 1 is 0.383 bits per heavy atom. The molecule has 220 valence electrons. The minimum Gasteiger partial charge on any atom is -0.278 e. The van der Waals surface area contributed by atoms with Gasteiger partial charge in [-0.15, -0.1) is 0 Å². The molecule has 0 aliphatic rings. The molecule has 0 fully saturated rings. The van der Waals surface area contributed by atoms with Crippen molar-refractivity contribution in [3.05, 3.63) is 152 Å². The van der Waals surface area contributed by atoms with Gasteiger partial charge in [-0.05, 0) is 42.5 Å². The average Bonchev–Trinajstić information content (AvgIpc) is 3.78. The summed E-state index contributed by atoms with van der Waals surface area (Å²) in [6, 6.07) is 52.0. The molecule has 4 aromatic heterocycles. The predicted octanol–water partition coefficient (Wildman–Crippen LogP) is 9.05. The predicted molar refractivity (Wildman–Crippen MR) is 188 cm³/mol. The van der Waals surface area contributed by atoms with Gasteiger partial charge < -0.3 is 0 Å². The molecule has 6 aromatic carbocycles. The lowest BCUT2D eigenvalue weighted by Crippen LogP contribution is -2.06. The Balaban J connectivity index is 1.30. The summed E-state index contributed by atoms with van der Waals surface area (Å²) in [6.07, 6.45) is 0. The van der Waals surface area contributed by atoms with Crippen LogP contribution in [0, 0.1) is 0 Å². The normalized spacial score (nSPS) is 11.8. The van der Waals surface area contributed by atoms with Crippen LogP contribution in [0.3, 0.4) is 0 Å². The van der Waals surface area contributed by atoms with E-state index in [0.717, 1.165) is 66.5 Å². The van der Waals surface area contributed by atoms with Gasteiger partial charge in [-0.25, -0.2) is 9.97 Å². The Morgan fingerprint density at radius 2 is 0.957 bits per heavy atom. The lowest BCUT2D eigenvalue weighted by Gasteiger charge is -2.10. The molecule has 0 atom stereocenters. The van der Waals surface area contributed by atoms with Crippen LogP contribution in [0.25, 0.3) is 84.1 Å². The third-order valence-electron chi connectivity index (χ3n) is 8.90. The highest BCUT2D eigenvalue weighted by Crippen LogP contribution is 2.37. The minimum absolute atomic E-state index is 0.561. The van der Waals surface area contributed by atoms with Gasteiger partial charge in [-0.2, -0.15) is 9.97 Å².